The Morgan fingerprint density at radius 1 is 1.00 bits per heavy atom. The third-order valence-corrected chi connectivity index (χ3v) is 5.83. The second-order valence-corrected chi connectivity index (χ2v) is 8.28. The first kappa shape index (κ1) is 21.3. The molecule has 0 aliphatic rings. The zero-order valence-electron chi connectivity index (χ0n) is 15.8. The van der Waals surface area contributed by atoms with E-state index >= 15 is 0 Å². The van der Waals surface area contributed by atoms with Crippen molar-refractivity contribution in [3.05, 3.63) is 59.7 Å². The van der Waals surface area contributed by atoms with Gasteiger partial charge in [0.1, 0.15) is 0 Å². The minimum Gasteiger partial charge on any atom is -0.449 e. The van der Waals surface area contributed by atoms with Crippen molar-refractivity contribution in [1.29, 1.82) is 0 Å². The molecule has 0 unspecified atom stereocenters. The van der Waals surface area contributed by atoms with E-state index in [0.717, 1.165) is 0 Å². The predicted octanol–water partition coefficient (Wildman–Crippen LogP) is 2.87. The highest BCUT2D eigenvalue weighted by Gasteiger charge is 2.25. The highest BCUT2D eigenvalue weighted by Crippen LogP contribution is 2.20. The van der Waals surface area contributed by atoms with Gasteiger partial charge < -0.3 is 10.1 Å². The Labute approximate surface area is 163 Å². The zero-order chi connectivity index (χ0) is 20.9. The van der Waals surface area contributed by atoms with Gasteiger partial charge in [-0.15, -0.1) is 0 Å². The van der Waals surface area contributed by atoms with Crippen molar-refractivity contribution in [2.24, 2.45) is 0 Å². The van der Waals surface area contributed by atoms with Crippen LogP contribution in [-0.4, -0.2) is 37.9 Å². The Balaban J connectivity index is 2.18. The number of amides is 1. The van der Waals surface area contributed by atoms with Gasteiger partial charge in [0, 0.05) is 5.56 Å². The quantitative estimate of drug-likeness (QED) is 0.563. The number of para-hydroxylation sites is 1. The van der Waals surface area contributed by atoms with Gasteiger partial charge >= 0.3 is 5.97 Å². The number of nitrogens with one attached hydrogen (secondary N) is 1. The van der Waals surface area contributed by atoms with Crippen LogP contribution in [0.25, 0.3) is 0 Å². The lowest BCUT2D eigenvalue weighted by Gasteiger charge is -2.16. The SMILES string of the molecule is CCS(=O)(=O)c1ccccc1C(=O)O[C@@H](C)C(=O)Nc1ccccc1C(C)=O. The Hall–Kier alpha value is -3.00. The molecule has 0 fully saturated rings. The molecule has 0 saturated carbocycles. The van der Waals surface area contributed by atoms with Crippen molar-refractivity contribution in [3.63, 3.8) is 0 Å². The number of Topliss-reactive ketones (excluding diaryl/α,β-unsaturated/α-hetero) is 1. The van der Waals surface area contributed by atoms with Crippen LogP contribution >= 0.6 is 0 Å². The van der Waals surface area contributed by atoms with E-state index in [1.807, 2.05) is 0 Å². The van der Waals surface area contributed by atoms with Gasteiger partial charge in [0.2, 0.25) is 0 Å². The monoisotopic (exact) mass is 403 g/mol. The van der Waals surface area contributed by atoms with E-state index in [1.54, 1.807) is 24.3 Å². The molecule has 7 nitrogen and oxygen atoms in total. The summed E-state index contributed by atoms with van der Waals surface area (Å²) in [7, 11) is -3.63. The van der Waals surface area contributed by atoms with Gasteiger partial charge in [-0.1, -0.05) is 31.2 Å². The normalized spacial score (nSPS) is 12.1. The molecule has 1 atom stereocenters. The Morgan fingerprint density at radius 3 is 2.18 bits per heavy atom. The van der Waals surface area contributed by atoms with Gasteiger partial charge in [0.15, 0.2) is 21.7 Å². The molecule has 2 aromatic rings. The van der Waals surface area contributed by atoms with Crippen molar-refractivity contribution in [2.45, 2.75) is 31.8 Å². The molecule has 28 heavy (non-hydrogen) atoms. The van der Waals surface area contributed by atoms with Crippen LogP contribution in [0, 0.1) is 0 Å². The van der Waals surface area contributed by atoms with Crippen LogP contribution in [0.15, 0.2) is 53.4 Å². The smallest absolute Gasteiger partial charge is 0.340 e. The second-order valence-electron chi connectivity index (χ2n) is 6.04. The summed E-state index contributed by atoms with van der Waals surface area (Å²) < 4.78 is 29.5. The van der Waals surface area contributed by atoms with Crippen LogP contribution in [-0.2, 0) is 19.4 Å². The first-order chi connectivity index (χ1) is 13.2. The van der Waals surface area contributed by atoms with Crippen LogP contribution < -0.4 is 5.32 Å². The molecule has 1 N–H and O–H groups in total. The third-order valence-electron chi connectivity index (χ3n) is 4.04. The summed E-state index contributed by atoms with van der Waals surface area (Å²) in [6.45, 7) is 4.21. The van der Waals surface area contributed by atoms with Crippen molar-refractivity contribution in [2.75, 3.05) is 11.1 Å². The Kier molecular flexibility index (Phi) is 6.69. The summed E-state index contributed by atoms with van der Waals surface area (Å²) in [5.41, 5.74) is 0.499. The number of rotatable bonds is 7. The molecule has 2 rings (SSSR count). The van der Waals surface area contributed by atoms with Crippen LogP contribution in [0.5, 0.6) is 0 Å². The van der Waals surface area contributed by atoms with Crippen molar-refractivity contribution < 1.29 is 27.5 Å². The lowest BCUT2D eigenvalue weighted by atomic mass is 10.1. The number of esters is 1. The van der Waals surface area contributed by atoms with Crippen LogP contribution in [0.1, 0.15) is 41.5 Å². The second kappa shape index (κ2) is 8.79. The standard InChI is InChI=1S/C20H21NO6S/c1-4-28(25,26)18-12-8-6-10-16(18)20(24)27-14(3)19(23)21-17-11-7-5-9-15(17)13(2)22/h5-12,14H,4H2,1-3H3,(H,21,23)/t14-/m0/s1. The minimum atomic E-state index is -3.63. The van der Waals surface area contributed by atoms with E-state index in [1.165, 1.54) is 45.0 Å². The van der Waals surface area contributed by atoms with E-state index in [-0.39, 0.29) is 22.0 Å². The van der Waals surface area contributed by atoms with Crippen molar-refractivity contribution >= 4 is 33.2 Å². The average molecular weight is 403 g/mol. The number of carbonyl (C=O) groups is 3. The van der Waals surface area contributed by atoms with E-state index in [4.69, 9.17) is 4.74 Å². The largest absolute Gasteiger partial charge is 0.449 e. The number of sulfone groups is 1. The minimum absolute atomic E-state index is 0.131. The number of carbonyl (C=O) groups excluding carboxylic acids is 3. The summed E-state index contributed by atoms with van der Waals surface area (Å²) in [5.74, 6) is -1.96. The topological polar surface area (TPSA) is 107 Å². The first-order valence-electron chi connectivity index (χ1n) is 8.61. The maximum atomic E-state index is 12.4. The molecule has 0 radical (unpaired) electrons. The summed E-state index contributed by atoms with van der Waals surface area (Å²) in [6.07, 6.45) is -1.20. The number of ether oxygens (including phenoxy) is 1. The van der Waals surface area contributed by atoms with Gasteiger partial charge in [-0.05, 0) is 38.1 Å². The lowest BCUT2D eigenvalue weighted by Crippen LogP contribution is -2.31. The number of ketones is 1. The molecule has 8 heteroatoms. The van der Waals surface area contributed by atoms with Gasteiger partial charge in [0.05, 0.1) is 21.9 Å². The fourth-order valence-electron chi connectivity index (χ4n) is 2.47. The maximum Gasteiger partial charge on any atom is 0.340 e. The number of anilines is 1. The molecule has 0 spiro atoms. The number of benzene rings is 2. The highest BCUT2D eigenvalue weighted by atomic mass is 32.2. The molecule has 0 heterocycles. The van der Waals surface area contributed by atoms with Crippen LogP contribution in [0.4, 0.5) is 5.69 Å². The van der Waals surface area contributed by atoms with Crippen molar-refractivity contribution in [3.8, 4) is 0 Å². The summed E-state index contributed by atoms with van der Waals surface area (Å²) >= 11 is 0. The van der Waals surface area contributed by atoms with E-state index < -0.39 is 27.8 Å². The summed E-state index contributed by atoms with van der Waals surface area (Å²) in [6, 6.07) is 12.1. The molecule has 0 saturated heterocycles. The molecule has 0 aliphatic heterocycles. The van der Waals surface area contributed by atoms with E-state index in [0.29, 0.717) is 11.3 Å². The highest BCUT2D eigenvalue weighted by molar-refractivity contribution is 7.91. The van der Waals surface area contributed by atoms with E-state index in [9.17, 15) is 22.8 Å². The molecule has 2 aromatic carbocycles. The van der Waals surface area contributed by atoms with Gasteiger partial charge in [-0.2, -0.15) is 0 Å². The first-order valence-corrected chi connectivity index (χ1v) is 10.3. The van der Waals surface area contributed by atoms with Gasteiger partial charge in [0.25, 0.3) is 5.91 Å². The number of hydrogen-bond acceptors (Lipinski definition) is 6. The maximum absolute atomic E-state index is 12.4. The van der Waals surface area contributed by atoms with E-state index in [2.05, 4.69) is 5.32 Å². The van der Waals surface area contributed by atoms with Gasteiger partial charge in [-0.3, -0.25) is 9.59 Å². The Morgan fingerprint density at radius 2 is 1.57 bits per heavy atom. The van der Waals surface area contributed by atoms with Crippen molar-refractivity contribution in [1.82, 2.24) is 0 Å². The molecular weight excluding hydrogens is 382 g/mol. The van der Waals surface area contributed by atoms with Gasteiger partial charge in [-0.25, -0.2) is 13.2 Å². The molecule has 1 amide bonds. The summed E-state index contributed by atoms with van der Waals surface area (Å²) in [5, 5.41) is 2.55. The lowest BCUT2D eigenvalue weighted by molar-refractivity contribution is -0.123. The van der Waals surface area contributed by atoms with Crippen LogP contribution in [0.3, 0.4) is 0 Å². The fraction of sp³-hybridized carbons (Fsp3) is 0.250. The number of hydrogen-bond donors (Lipinski definition) is 1. The zero-order valence-corrected chi connectivity index (χ0v) is 16.6. The van der Waals surface area contributed by atoms with Crippen LogP contribution in [0.2, 0.25) is 0 Å². The molecule has 0 aromatic heterocycles. The Bertz CT molecular complexity index is 1010. The molecule has 0 aliphatic carbocycles. The molecule has 0 bridgehead atoms. The average Bonchev–Trinajstić information content (AvgIpc) is 2.68. The molecular formula is C20H21NO6S. The molecule has 148 valence electrons. The summed E-state index contributed by atoms with van der Waals surface area (Å²) in [4.78, 5) is 36.3. The third kappa shape index (κ3) is 4.83. The fourth-order valence-corrected chi connectivity index (χ4v) is 3.56. The predicted molar refractivity (Wildman–Crippen MR) is 104 cm³/mol.